The van der Waals surface area contributed by atoms with Gasteiger partial charge in [0.2, 0.25) is 11.8 Å². The maximum atomic E-state index is 13.0. The predicted octanol–water partition coefficient (Wildman–Crippen LogP) is 2.57. The van der Waals surface area contributed by atoms with Gasteiger partial charge in [-0.3, -0.25) is 14.5 Å². The summed E-state index contributed by atoms with van der Waals surface area (Å²) in [5.41, 5.74) is 1.34. The zero-order chi connectivity index (χ0) is 22.2. The Morgan fingerprint density at radius 3 is 2.22 bits per heavy atom. The zero-order valence-electron chi connectivity index (χ0n) is 19.5. The van der Waals surface area contributed by atoms with E-state index in [0.717, 1.165) is 45.2 Å². The number of hydrogen-bond donors (Lipinski definition) is 0. The summed E-state index contributed by atoms with van der Waals surface area (Å²) in [4.78, 5) is 32.2. The Morgan fingerprint density at radius 1 is 0.969 bits per heavy atom. The lowest BCUT2D eigenvalue weighted by molar-refractivity contribution is -0.133. The largest absolute Gasteiger partial charge is 0.376 e. The number of fused-ring (bicyclic) bond motifs is 1. The second-order valence-corrected chi connectivity index (χ2v) is 10.4. The smallest absolute Gasteiger partial charge is 0.225 e. The molecule has 174 valence electrons. The summed E-state index contributed by atoms with van der Waals surface area (Å²) < 4.78 is 6.24. The molecule has 0 N–H and O–H groups in total. The number of rotatable bonds is 9. The number of ether oxygens (including phenoxy) is 1. The highest BCUT2D eigenvalue weighted by Crippen LogP contribution is 2.42. The van der Waals surface area contributed by atoms with Crippen molar-refractivity contribution in [3.63, 3.8) is 0 Å². The van der Waals surface area contributed by atoms with E-state index in [1.165, 1.54) is 5.56 Å². The molecule has 0 radical (unpaired) electrons. The van der Waals surface area contributed by atoms with Crippen molar-refractivity contribution in [1.82, 2.24) is 14.7 Å². The van der Waals surface area contributed by atoms with Gasteiger partial charge in [-0.25, -0.2) is 0 Å². The molecule has 0 aromatic heterocycles. The third kappa shape index (κ3) is 4.72. The predicted molar refractivity (Wildman–Crippen MR) is 123 cm³/mol. The number of benzene rings is 1. The molecule has 32 heavy (non-hydrogen) atoms. The first-order chi connectivity index (χ1) is 15.5. The highest BCUT2D eigenvalue weighted by molar-refractivity contribution is 5.78. The van der Waals surface area contributed by atoms with Crippen LogP contribution in [0.4, 0.5) is 0 Å². The van der Waals surface area contributed by atoms with E-state index in [0.29, 0.717) is 37.6 Å². The van der Waals surface area contributed by atoms with Gasteiger partial charge in [0.1, 0.15) is 0 Å². The lowest BCUT2D eigenvalue weighted by Gasteiger charge is -2.26. The molecule has 1 aromatic rings. The Kier molecular flexibility index (Phi) is 6.26. The average molecular weight is 440 g/mol. The van der Waals surface area contributed by atoms with Crippen LogP contribution in [0.5, 0.6) is 0 Å². The van der Waals surface area contributed by atoms with Crippen LogP contribution < -0.4 is 0 Å². The molecule has 2 heterocycles. The van der Waals surface area contributed by atoms with E-state index in [1.54, 1.807) is 0 Å². The van der Waals surface area contributed by atoms with Gasteiger partial charge in [-0.15, -0.1) is 0 Å². The van der Waals surface area contributed by atoms with Crippen molar-refractivity contribution in [3.05, 3.63) is 35.9 Å². The molecule has 6 heteroatoms. The molecule has 2 aliphatic heterocycles. The number of likely N-dealkylation sites (tertiary alicyclic amines) is 1. The summed E-state index contributed by atoms with van der Waals surface area (Å²) in [5, 5.41) is 0. The molecular formula is C26H37N3O3. The van der Waals surface area contributed by atoms with Crippen LogP contribution in [0.3, 0.4) is 0 Å². The highest BCUT2D eigenvalue weighted by atomic mass is 16.5. The first-order valence-corrected chi connectivity index (χ1v) is 12.4. The Bertz CT molecular complexity index is 823. The molecule has 4 aliphatic rings. The Hall–Kier alpha value is -1.92. The van der Waals surface area contributed by atoms with Crippen LogP contribution in [0.2, 0.25) is 0 Å². The van der Waals surface area contributed by atoms with Crippen molar-refractivity contribution in [1.29, 1.82) is 0 Å². The maximum Gasteiger partial charge on any atom is 0.225 e. The lowest BCUT2D eigenvalue weighted by Crippen LogP contribution is -2.37. The van der Waals surface area contributed by atoms with Crippen molar-refractivity contribution < 1.29 is 14.3 Å². The molecule has 0 unspecified atom stereocenters. The number of amides is 2. The van der Waals surface area contributed by atoms with Crippen LogP contribution in [-0.4, -0.2) is 84.5 Å². The molecule has 4 atom stereocenters. The van der Waals surface area contributed by atoms with Gasteiger partial charge in [0.15, 0.2) is 0 Å². The van der Waals surface area contributed by atoms with Gasteiger partial charge in [-0.05, 0) is 43.6 Å². The quantitative estimate of drug-likeness (QED) is 0.594. The molecule has 6 nitrogen and oxygen atoms in total. The van der Waals surface area contributed by atoms with Crippen molar-refractivity contribution in [2.45, 2.75) is 69.2 Å². The van der Waals surface area contributed by atoms with E-state index in [9.17, 15) is 9.59 Å². The SMILES string of the molecule is CN(C(=O)C[C@@H]1CN(CCc2ccccc2)[C@@H]2CO[C@@H](CC(=O)N(C)C3CC3)[C@H]12)C1CC1. The van der Waals surface area contributed by atoms with Crippen molar-refractivity contribution in [2.75, 3.05) is 33.8 Å². The second-order valence-electron chi connectivity index (χ2n) is 10.4. The van der Waals surface area contributed by atoms with Crippen molar-refractivity contribution >= 4 is 11.8 Å². The summed E-state index contributed by atoms with van der Waals surface area (Å²) in [6.45, 7) is 2.58. The lowest BCUT2D eigenvalue weighted by atomic mass is 9.84. The normalized spacial score (nSPS) is 29.7. The van der Waals surface area contributed by atoms with Gasteiger partial charge in [0.25, 0.3) is 0 Å². The van der Waals surface area contributed by atoms with E-state index in [-0.39, 0.29) is 29.8 Å². The van der Waals surface area contributed by atoms with E-state index in [2.05, 4.69) is 35.2 Å². The van der Waals surface area contributed by atoms with Gasteiger partial charge in [-0.1, -0.05) is 30.3 Å². The van der Waals surface area contributed by atoms with Gasteiger partial charge in [0.05, 0.1) is 19.1 Å². The fourth-order valence-corrected chi connectivity index (χ4v) is 5.80. The van der Waals surface area contributed by atoms with Crippen molar-refractivity contribution in [2.24, 2.45) is 11.8 Å². The third-order valence-corrected chi connectivity index (χ3v) is 8.16. The van der Waals surface area contributed by atoms with Crippen LogP contribution in [0.1, 0.15) is 44.1 Å². The second kappa shape index (κ2) is 9.14. The number of hydrogen-bond acceptors (Lipinski definition) is 4. The average Bonchev–Trinajstić information content (AvgIpc) is 3.73. The maximum absolute atomic E-state index is 13.0. The van der Waals surface area contributed by atoms with Crippen LogP contribution in [0.25, 0.3) is 0 Å². The first-order valence-electron chi connectivity index (χ1n) is 12.4. The summed E-state index contributed by atoms with van der Waals surface area (Å²) in [7, 11) is 3.88. The van der Waals surface area contributed by atoms with Crippen LogP contribution in [-0.2, 0) is 20.7 Å². The Balaban J connectivity index is 1.27. The minimum atomic E-state index is -0.0699. The van der Waals surface area contributed by atoms with E-state index in [1.807, 2.05) is 23.9 Å². The summed E-state index contributed by atoms with van der Waals surface area (Å²) in [6, 6.07) is 11.8. The van der Waals surface area contributed by atoms with Crippen LogP contribution in [0, 0.1) is 11.8 Å². The summed E-state index contributed by atoms with van der Waals surface area (Å²) in [6.07, 6.45) is 6.47. The third-order valence-electron chi connectivity index (χ3n) is 8.16. The first kappa shape index (κ1) is 21.9. The fourth-order valence-electron chi connectivity index (χ4n) is 5.80. The highest BCUT2D eigenvalue weighted by Gasteiger charge is 2.51. The van der Waals surface area contributed by atoms with Gasteiger partial charge in [0, 0.05) is 57.6 Å². The molecule has 5 rings (SSSR count). The fraction of sp³-hybridized carbons (Fsp3) is 0.692. The topological polar surface area (TPSA) is 53.1 Å². The zero-order valence-corrected chi connectivity index (χ0v) is 19.5. The van der Waals surface area contributed by atoms with Gasteiger partial charge >= 0.3 is 0 Å². The Labute approximate surface area is 191 Å². The van der Waals surface area contributed by atoms with Gasteiger partial charge < -0.3 is 14.5 Å². The minimum Gasteiger partial charge on any atom is -0.376 e. The molecule has 2 amide bonds. The molecule has 2 saturated heterocycles. The van der Waals surface area contributed by atoms with Crippen LogP contribution in [0.15, 0.2) is 30.3 Å². The molecule has 4 fully saturated rings. The van der Waals surface area contributed by atoms with E-state index in [4.69, 9.17) is 4.74 Å². The van der Waals surface area contributed by atoms with Crippen LogP contribution >= 0.6 is 0 Å². The van der Waals surface area contributed by atoms with Crippen molar-refractivity contribution in [3.8, 4) is 0 Å². The summed E-state index contributed by atoms with van der Waals surface area (Å²) >= 11 is 0. The van der Waals surface area contributed by atoms with E-state index < -0.39 is 0 Å². The number of nitrogens with zero attached hydrogens (tertiary/aromatic N) is 3. The number of carbonyl (C=O) groups is 2. The number of carbonyl (C=O) groups excluding carboxylic acids is 2. The van der Waals surface area contributed by atoms with E-state index >= 15 is 0 Å². The molecular weight excluding hydrogens is 402 g/mol. The molecule has 0 bridgehead atoms. The monoisotopic (exact) mass is 439 g/mol. The van der Waals surface area contributed by atoms with Gasteiger partial charge in [-0.2, -0.15) is 0 Å². The molecule has 2 saturated carbocycles. The summed E-state index contributed by atoms with van der Waals surface area (Å²) in [5.74, 6) is 0.976. The Morgan fingerprint density at radius 2 is 1.59 bits per heavy atom. The molecule has 0 spiro atoms. The minimum absolute atomic E-state index is 0.0699. The standard InChI is InChI=1S/C26H37N3O3/c1-27(20-8-9-20)24(30)14-19-16-29(13-12-18-6-4-3-5-7-18)22-17-32-23(26(19)22)15-25(31)28(2)21-10-11-21/h3-7,19-23,26H,8-17H2,1-2H3/t19-,22-,23+,26-/m1/s1. The molecule has 1 aromatic carbocycles. The molecule has 2 aliphatic carbocycles.